The monoisotopic (exact) mass is 454 g/mol. The van der Waals surface area contributed by atoms with Crippen LogP contribution in [-0.4, -0.2) is 25.7 Å². The lowest BCUT2D eigenvalue weighted by Gasteiger charge is -2.12. The van der Waals surface area contributed by atoms with Crippen molar-refractivity contribution >= 4 is 46.2 Å². The second-order valence-electron chi connectivity index (χ2n) is 6.41. The Kier molecular flexibility index (Phi) is 6.23. The third-order valence-electron chi connectivity index (χ3n) is 4.41. The van der Waals surface area contributed by atoms with Crippen LogP contribution in [0, 0.1) is 0 Å². The highest BCUT2D eigenvalue weighted by Crippen LogP contribution is 2.29. The van der Waals surface area contributed by atoms with E-state index in [0.29, 0.717) is 33.2 Å². The molecule has 4 rings (SSSR count). The third-order valence-corrected chi connectivity index (χ3v) is 5.20. The van der Waals surface area contributed by atoms with E-state index in [9.17, 15) is 0 Å². The van der Waals surface area contributed by atoms with Gasteiger partial charge in [0.2, 0.25) is 5.82 Å². The molecule has 4 aromatic rings. The molecule has 0 radical (unpaired) electrons. The van der Waals surface area contributed by atoms with Crippen molar-refractivity contribution in [3.63, 3.8) is 0 Å². The van der Waals surface area contributed by atoms with E-state index in [1.165, 1.54) is 0 Å². The Morgan fingerprint density at radius 1 is 0.967 bits per heavy atom. The van der Waals surface area contributed by atoms with E-state index in [1.54, 1.807) is 18.2 Å². The number of halogens is 2. The summed E-state index contributed by atoms with van der Waals surface area (Å²) in [6.45, 7) is 0.573. The molecule has 0 saturated carbocycles. The molecule has 0 unspecified atom stereocenters. The zero-order valence-electron chi connectivity index (χ0n) is 15.6. The fourth-order valence-corrected chi connectivity index (χ4v) is 3.59. The summed E-state index contributed by atoms with van der Waals surface area (Å²) >= 11 is 17.4. The number of aromatic amines is 1. The molecule has 0 fully saturated rings. The van der Waals surface area contributed by atoms with Crippen molar-refractivity contribution in [2.45, 2.75) is 6.54 Å². The molecule has 0 atom stereocenters. The number of benzene rings is 3. The lowest BCUT2D eigenvalue weighted by molar-refractivity contribution is 0.881. The minimum atomic E-state index is 0.478. The fraction of sp³-hybridized carbons (Fsp3) is 0.0476. The molecule has 0 bridgehead atoms. The molecule has 3 aromatic carbocycles. The van der Waals surface area contributed by atoms with Gasteiger partial charge in [-0.3, -0.25) is 0 Å². The number of tetrazole rings is 1. The number of nitrogens with zero attached hydrogens (tertiary/aromatic N) is 3. The van der Waals surface area contributed by atoms with Crippen molar-refractivity contribution in [1.82, 2.24) is 25.9 Å². The first-order valence-electron chi connectivity index (χ1n) is 9.02. The Balaban J connectivity index is 1.42. The van der Waals surface area contributed by atoms with Gasteiger partial charge in [-0.25, -0.2) is 0 Å². The van der Waals surface area contributed by atoms with E-state index in [0.717, 1.165) is 22.3 Å². The Bertz CT molecular complexity index is 1160. The van der Waals surface area contributed by atoms with E-state index in [-0.39, 0.29) is 0 Å². The normalized spacial score (nSPS) is 10.6. The van der Waals surface area contributed by atoms with Crippen LogP contribution in [0.4, 0.5) is 5.69 Å². The second kappa shape index (κ2) is 9.21. The van der Waals surface area contributed by atoms with Gasteiger partial charge in [0.25, 0.3) is 0 Å². The van der Waals surface area contributed by atoms with Crippen LogP contribution < -0.4 is 10.6 Å². The maximum absolute atomic E-state index is 6.17. The predicted molar refractivity (Wildman–Crippen MR) is 125 cm³/mol. The SMILES string of the molecule is S=C(NCc1ccc(-c2ccccc2-c2nn[nH]n2)cc1)Nc1ccc(Cl)cc1Cl. The first-order chi connectivity index (χ1) is 14.6. The number of hydrogen-bond donors (Lipinski definition) is 3. The topological polar surface area (TPSA) is 78.5 Å². The Morgan fingerprint density at radius 2 is 1.73 bits per heavy atom. The van der Waals surface area contributed by atoms with Gasteiger partial charge in [0.05, 0.1) is 10.7 Å². The number of hydrogen-bond acceptors (Lipinski definition) is 4. The van der Waals surface area contributed by atoms with Gasteiger partial charge in [-0.05, 0) is 52.3 Å². The van der Waals surface area contributed by atoms with Crippen molar-refractivity contribution in [3.8, 4) is 22.5 Å². The van der Waals surface area contributed by atoms with E-state index in [4.69, 9.17) is 35.4 Å². The summed E-state index contributed by atoms with van der Waals surface area (Å²) in [4.78, 5) is 0. The molecule has 0 saturated heterocycles. The van der Waals surface area contributed by atoms with E-state index >= 15 is 0 Å². The molecular weight excluding hydrogens is 439 g/mol. The molecule has 0 aliphatic rings. The lowest BCUT2D eigenvalue weighted by atomic mass is 9.98. The van der Waals surface area contributed by atoms with Gasteiger partial charge in [0.15, 0.2) is 5.11 Å². The van der Waals surface area contributed by atoms with Crippen LogP contribution in [-0.2, 0) is 6.54 Å². The first kappa shape index (κ1) is 20.3. The number of rotatable bonds is 5. The van der Waals surface area contributed by atoms with Crippen LogP contribution in [0.3, 0.4) is 0 Å². The average Bonchev–Trinajstić information content (AvgIpc) is 3.29. The van der Waals surface area contributed by atoms with Crippen molar-refractivity contribution < 1.29 is 0 Å². The standard InChI is InChI=1S/C21H16Cl2N6S/c22-15-9-10-19(18(23)11-15)25-21(30)24-12-13-5-7-14(8-6-13)16-3-1-2-4-17(16)20-26-28-29-27-20/h1-11H,12H2,(H2,24,25,30)(H,26,27,28,29). The maximum atomic E-state index is 6.17. The summed E-state index contributed by atoms with van der Waals surface area (Å²) < 4.78 is 0. The summed E-state index contributed by atoms with van der Waals surface area (Å²) in [5, 5.41) is 22.1. The van der Waals surface area contributed by atoms with Crippen LogP contribution in [0.15, 0.2) is 66.7 Å². The fourth-order valence-electron chi connectivity index (χ4n) is 2.95. The summed E-state index contributed by atoms with van der Waals surface area (Å²) in [5.74, 6) is 0.564. The van der Waals surface area contributed by atoms with Crippen LogP contribution in [0.5, 0.6) is 0 Å². The zero-order valence-corrected chi connectivity index (χ0v) is 17.9. The molecule has 0 aliphatic carbocycles. The second-order valence-corrected chi connectivity index (χ2v) is 7.66. The molecule has 6 nitrogen and oxygen atoms in total. The third kappa shape index (κ3) is 4.76. The molecule has 1 heterocycles. The van der Waals surface area contributed by atoms with Gasteiger partial charge >= 0.3 is 0 Å². The Hall–Kier alpha value is -3.00. The molecule has 9 heteroatoms. The average molecular weight is 455 g/mol. The highest BCUT2D eigenvalue weighted by atomic mass is 35.5. The summed E-state index contributed by atoms with van der Waals surface area (Å²) in [7, 11) is 0. The van der Waals surface area contributed by atoms with Crippen molar-refractivity contribution in [2.24, 2.45) is 0 Å². The van der Waals surface area contributed by atoms with Crippen molar-refractivity contribution in [2.75, 3.05) is 5.32 Å². The van der Waals surface area contributed by atoms with Crippen molar-refractivity contribution in [1.29, 1.82) is 0 Å². The minimum absolute atomic E-state index is 0.478. The minimum Gasteiger partial charge on any atom is -0.358 e. The quantitative estimate of drug-likeness (QED) is 0.353. The number of anilines is 1. The molecule has 1 aromatic heterocycles. The number of H-pyrrole nitrogens is 1. The largest absolute Gasteiger partial charge is 0.358 e. The highest BCUT2D eigenvalue weighted by Gasteiger charge is 2.10. The highest BCUT2D eigenvalue weighted by molar-refractivity contribution is 7.80. The van der Waals surface area contributed by atoms with Gasteiger partial charge < -0.3 is 10.6 Å². The van der Waals surface area contributed by atoms with Gasteiger partial charge in [-0.15, -0.1) is 10.2 Å². The van der Waals surface area contributed by atoms with Gasteiger partial charge in [0, 0.05) is 17.1 Å². The predicted octanol–water partition coefficient (Wildman–Crippen LogP) is 5.33. The number of aromatic nitrogens is 4. The molecule has 150 valence electrons. The van der Waals surface area contributed by atoms with E-state index in [2.05, 4.69) is 43.4 Å². The maximum Gasteiger partial charge on any atom is 0.205 e. The smallest absolute Gasteiger partial charge is 0.205 e. The van der Waals surface area contributed by atoms with E-state index in [1.807, 2.05) is 36.4 Å². The molecule has 3 N–H and O–H groups in total. The summed E-state index contributed by atoms with van der Waals surface area (Å²) in [6, 6.07) is 21.4. The molecule has 0 aliphatic heterocycles. The number of thiocarbonyl (C=S) groups is 1. The van der Waals surface area contributed by atoms with E-state index < -0.39 is 0 Å². The van der Waals surface area contributed by atoms with Crippen LogP contribution in [0.1, 0.15) is 5.56 Å². The lowest BCUT2D eigenvalue weighted by Crippen LogP contribution is -2.27. The Labute approximate surface area is 188 Å². The number of nitrogens with one attached hydrogen (secondary N) is 3. The zero-order chi connectivity index (χ0) is 20.9. The van der Waals surface area contributed by atoms with Crippen LogP contribution in [0.25, 0.3) is 22.5 Å². The summed E-state index contributed by atoms with van der Waals surface area (Å²) in [6.07, 6.45) is 0. The van der Waals surface area contributed by atoms with Gasteiger partial charge in [-0.1, -0.05) is 71.7 Å². The van der Waals surface area contributed by atoms with Gasteiger partial charge in [0.1, 0.15) is 0 Å². The van der Waals surface area contributed by atoms with Crippen LogP contribution in [0.2, 0.25) is 10.0 Å². The molecule has 0 amide bonds. The molecule has 0 spiro atoms. The summed E-state index contributed by atoms with van der Waals surface area (Å²) in [5.41, 5.74) is 4.80. The molecule has 30 heavy (non-hydrogen) atoms. The van der Waals surface area contributed by atoms with Gasteiger partial charge in [-0.2, -0.15) is 5.21 Å². The van der Waals surface area contributed by atoms with Crippen LogP contribution >= 0.6 is 35.4 Å². The van der Waals surface area contributed by atoms with Crippen molar-refractivity contribution in [3.05, 3.63) is 82.3 Å². The Morgan fingerprint density at radius 3 is 2.43 bits per heavy atom. The molecular formula is C21H16Cl2N6S. The first-order valence-corrected chi connectivity index (χ1v) is 10.2.